The van der Waals surface area contributed by atoms with E-state index in [9.17, 15) is 18.3 Å². The molecule has 7 nitrogen and oxygen atoms in total. The van der Waals surface area contributed by atoms with Gasteiger partial charge in [0.15, 0.2) is 0 Å². The number of carboxylic acid groups (broad SMARTS) is 1. The first-order chi connectivity index (χ1) is 11.6. The van der Waals surface area contributed by atoms with Crippen molar-refractivity contribution < 1.29 is 27.8 Å². The van der Waals surface area contributed by atoms with Crippen molar-refractivity contribution in [3.8, 4) is 5.75 Å². The minimum absolute atomic E-state index is 0.000562. The van der Waals surface area contributed by atoms with Crippen LogP contribution in [0.4, 0.5) is 0 Å². The van der Waals surface area contributed by atoms with Crippen molar-refractivity contribution in [1.82, 2.24) is 4.72 Å². The molecule has 142 valence electrons. The Morgan fingerprint density at radius 1 is 1.32 bits per heavy atom. The van der Waals surface area contributed by atoms with Gasteiger partial charge in [0, 0.05) is 12.1 Å². The molecule has 1 rings (SSSR count). The van der Waals surface area contributed by atoms with Gasteiger partial charge < -0.3 is 14.6 Å². The average Bonchev–Trinajstić information content (AvgIpc) is 2.47. The number of nitrogens with one attached hydrogen (secondary N) is 1. The van der Waals surface area contributed by atoms with Gasteiger partial charge in [0.2, 0.25) is 10.0 Å². The van der Waals surface area contributed by atoms with Gasteiger partial charge in [-0.15, -0.1) is 0 Å². The predicted molar refractivity (Wildman–Crippen MR) is 94.6 cm³/mol. The predicted octanol–water partition coefficient (Wildman–Crippen LogP) is 2.53. The Hall–Kier alpha value is -1.35. The van der Waals surface area contributed by atoms with E-state index in [2.05, 4.69) is 4.72 Å². The number of carbonyl (C=O) groups is 1. The molecule has 0 saturated carbocycles. The monoisotopic (exact) mass is 393 g/mol. The van der Waals surface area contributed by atoms with Crippen molar-refractivity contribution in [2.45, 2.75) is 44.2 Å². The van der Waals surface area contributed by atoms with Crippen LogP contribution < -0.4 is 9.46 Å². The zero-order chi connectivity index (χ0) is 19.2. The molecule has 2 N–H and O–H groups in total. The van der Waals surface area contributed by atoms with E-state index in [4.69, 9.17) is 21.1 Å². The fraction of sp³-hybridized carbons (Fsp3) is 0.562. The van der Waals surface area contributed by atoms with Gasteiger partial charge in [0.25, 0.3) is 0 Å². The van der Waals surface area contributed by atoms with Crippen LogP contribution in [0.5, 0.6) is 5.75 Å². The molecule has 0 fully saturated rings. The maximum atomic E-state index is 12.7. The fourth-order valence-corrected chi connectivity index (χ4v) is 3.79. The Morgan fingerprint density at radius 3 is 2.48 bits per heavy atom. The van der Waals surface area contributed by atoms with Crippen LogP contribution in [0.3, 0.4) is 0 Å². The number of rotatable bonds is 10. The summed E-state index contributed by atoms with van der Waals surface area (Å²) in [6.45, 7) is 5.61. The van der Waals surface area contributed by atoms with Crippen molar-refractivity contribution >= 4 is 27.6 Å². The highest BCUT2D eigenvalue weighted by Gasteiger charge is 2.29. The first-order valence-corrected chi connectivity index (χ1v) is 9.63. The van der Waals surface area contributed by atoms with Crippen molar-refractivity contribution in [1.29, 1.82) is 0 Å². The first-order valence-electron chi connectivity index (χ1n) is 7.77. The Kier molecular flexibility index (Phi) is 8.14. The van der Waals surface area contributed by atoms with E-state index < -0.39 is 28.1 Å². The lowest BCUT2D eigenvalue weighted by Crippen LogP contribution is -2.41. The van der Waals surface area contributed by atoms with Gasteiger partial charge in [-0.1, -0.05) is 25.4 Å². The van der Waals surface area contributed by atoms with E-state index in [1.165, 1.54) is 25.3 Å². The summed E-state index contributed by atoms with van der Waals surface area (Å²) >= 11 is 5.92. The highest BCUT2D eigenvalue weighted by atomic mass is 35.5. The second-order valence-electron chi connectivity index (χ2n) is 6.12. The maximum Gasteiger partial charge on any atom is 0.321 e. The zero-order valence-corrected chi connectivity index (χ0v) is 16.2. The number of sulfonamides is 1. The van der Waals surface area contributed by atoms with Crippen LogP contribution in [0.1, 0.15) is 27.2 Å². The lowest BCUT2D eigenvalue weighted by molar-refractivity contribution is -0.139. The maximum absolute atomic E-state index is 12.7. The smallest absolute Gasteiger partial charge is 0.321 e. The standard InChI is InChI=1S/C16H24ClNO6S/c1-10(2)7-13(16(19)20)18-25(21,22)15-8-12(17)5-6-14(15)24-11(3)9-23-4/h5-6,8,10-11,13,18H,7,9H2,1-4H3,(H,19,20)/t11?,13-/m0/s1. The van der Waals surface area contributed by atoms with E-state index >= 15 is 0 Å². The molecule has 2 atom stereocenters. The molecular weight excluding hydrogens is 370 g/mol. The third kappa shape index (κ3) is 6.81. The third-order valence-electron chi connectivity index (χ3n) is 3.23. The van der Waals surface area contributed by atoms with Gasteiger partial charge in [-0.2, -0.15) is 4.72 Å². The second kappa shape index (κ2) is 9.38. The van der Waals surface area contributed by atoms with E-state index in [0.717, 1.165) is 0 Å². The SMILES string of the molecule is COCC(C)Oc1ccc(Cl)cc1S(=O)(=O)N[C@@H](CC(C)C)C(=O)O. The molecule has 0 aliphatic carbocycles. The van der Waals surface area contributed by atoms with Crippen molar-refractivity contribution in [3.05, 3.63) is 23.2 Å². The molecule has 0 aliphatic rings. The number of carboxylic acids is 1. The number of methoxy groups -OCH3 is 1. The molecule has 25 heavy (non-hydrogen) atoms. The summed E-state index contributed by atoms with van der Waals surface area (Å²) < 4.78 is 38.2. The molecule has 1 aromatic rings. The van der Waals surface area contributed by atoms with Gasteiger partial charge in [0.1, 0.15) is 22.8 Å². The van der Waals surface area contributed by atoms with E-state index in [1.807, 2.05) is 13.8 Å². The van der Waals surface area contributed by atoms with E-state index in [1.54, 1.807) is 6.92 Å². The van der Waals surface area contributed by atoms with Gasteiger partial charge in [0.05, 0.1) is 6.61 Å². The number of halogens is 1. The van der Waals surface area contributed by atoms with Crippen LogP contribution >= 0.6 is 11.6 Å². The minimum atomic E-state index is -4.14. The summed E-state index contributed by atoms with van der Waals surface area (Å²) in [4.78, 5) is 11.1. The summed E-state index contributed by atoms with van der Waals surface area (Å²) in [5.41, 5.74) is 0. The fourth-order valence-electron chi connectivity index (χ4n) is 2.20. The molecule has 0 aromatic heterocycles. The normalized spacial score (nSPS) is 14.3. The van der Waals surface area contributed by atoms with Crippen LogP contribution in [-0.4, -0.2) is 45.4 Å². The summed E-state index contributed by atoms with van der Waals surface area (Å²) in [5, 5.41) is 9.47. The number of benzene rings is 1. The summed E-state index contributed by atoms with van der Waals surface area (Å²) in [7, 11) is -2.64. The van der Waals surface area contributed by atoms with Gasteiger partial charge >= 0.3 is 5.97 Å². The first kappa shape index (κ1) is 21.7. The van der Waals surface area contributed by atoms with Crippen molar-refractivity contribution in [3.63, 3.8) is 0 Å². The Bertz CT molecular complexity index is 692. The van der Waals surface area contributed by atoms with Gasteiger partial charge in [-0.3, -0.25) is 4.79 Å². The Balaban J connectivity index is 3.18. The van der Waals surface area contributed by atoms with Crippen LogP contribution in [0.15, 0.2) is 23.1 Å². The average molecular weight is 394 g/mol. The lowest BCUT2D eigenvalue weighted by atomic mass is 10.1. The lowest BCUT2D eigenvalue weighted by Gasteiger charge is -2.20. The molecule has 0 saturated heterocycles. The molecule has 0 spiro atoms. The second-order valence-corrected chi connectivity index (χ2v) is 8.24. The molecule has 0 heterocycles. The Morgan fingerprint density at radius 2 is 1.96 bits per heavy atom. The molecule has 0 aliphatic heterocycles. The number of hydrogen-bond donors (Lipinski definition) is 2. The van der Waals surface area contributed by atoms with E-state index in [0.29, 0.717) is 0 Å². The van der Waals surface area contributed by atoms with Crippen LogP contribution in [0.25, 0.3) is 0 Å². The molecular formula is C16H24ClNO6S. The molecule has 0 amide bonds. The van der Waals surface area contributed by atoms with Crippen molar-refractivity contribution in [2.75, 3.05) is 13.7 Å². The van der Waals surface area contributed by atoms with Crippen molar-refractivity contribution in [2.24, 2.45) is 5.92 Å². The molecule has 0 radical (unpaired) electrons. The summed E-state index contributed by atoms with van der Waals surface area (Å²) in [6, 6.07) is 2.92. The molecule has 1 unspecified atom stereocenters. The molecule has 9 heteroatoms. The Labute approximate surface area is 153 Å². The van der Waals surface area contributed by atoms with Gasteiger partial charge in [-0.25, -0.2) is 8.42 Å². The third-order valence-corrected chi connectivity index (χ3v) is 4.96. The largest absolute Gasteiger partial charge is 0.487 e. The highest BCUT2D eigenvalue weighted by molar-refractivity contribution is 7.89. The highest BCUT2D eigenvalue weighted by Crippen LogP contribution is 2.28. The number of aliphatic carboxylic acids is 1. The number of hydrogen-bond acceptors (Lipinski definition) is 5. The van der Waals surface area contributed by atoms with Crippen LogP contribution in [0, 0.1) is 5.92 Å². The molecule has 1 aromatic carbocycles. The minimum Gasteiger partial charge on any atom is -0.487 e. The van der Waals surface area contributed by atoms with E-state index in [-0.39, 0.29) is 34.6 Å². The number of ether oxygens (including phenoxy) is 2. The zero-order valence-electron chi connectivity index (χ0n) is 14.7. The van der Waals surface area contributed by atoms with Crippen LogP contribution in [0.2, 0.25) is 5.02 Å². The summed E-state index contributed by atoms with van der Waals surface area (Å²) in [5.74, 6) is -1.16. The summed E-state index contributed by atoms with van der Waals surface area (Å²) in [6.07, 6.45) is -0.239. The van der Waals surface area contributed by atoms with Gasteiger partial charge in [-0.05, 0) is 37.5 Å². The molecule has 0 bridgehead atoms. The van der Waals surface area contributed by atoms with Crippen LogP contribution in [-0.2, 0) is 19.6 Å². The topological polar surface area (TPSA) is 102 Å². The quantitative estimate of drug-likeness (QED) is 0.633.